The maximum absolute atomic E-state index is 6.72. The summed E-state index contributed by atoms with van der Waals surface area (Å²) in [6, 6.07) is 84.5. The van der Waals surface area contributed by atoms with E-state index < -0.39 is 0 Å². The van der Waals surface area contributed by atoms with Gasteiger partial charge in [-0.05, 0) is 105 Å². The second-order valence-corrected chi connectivity index (χ2v) is 19.0. The summed E-state index contributed by atoms with van der Waals surface area (Å²) >= 11 is 1.88. The molecular formula is C64H38N2OS. The Balaban J connectivity index is 0.985. The van der Waals surface area contributed by atoms with Gasteiger partial charge in [-0.1, -0.05) is 164 Å². The second-order valence-electron chi connectivity index (χ2n) is 18.0. The smallest absolute Gasteiger partial charge is 0.159 e. The first-order valence-corrected chi connectivity index (χ1v) is 24.1. The molecule has 0 spiro atoms. The van der Waals surface area contributed by atoms with E-state index >= 15 is 0 Å². The minimum Gasteiger partial charge on any atom is -0.454 e. The van der Waals surface area contributed by atoms with Gasteiger partial charge in [0.25, 0.3) is 0 Å². The van der Waals surface area contributed by atoms with Crippen molar-refractivity contribution in [1.82, 2.24) is 9.13 Å². The Hall–Kier alpha value is -8.70. The van der Waals surface area contributed by atoms with Gasteiger partial charge in [0.15, 0.2) is 5.58 Å². The highest BCUT2D eigenvalue weighted by Crippen LogP contribution is 2.45. The first-order valence-electron chi connectivity index (χ1n) is 23.2. The summed E-state index contributed by atoms with van der Waals surface area (Å²) in [5.41, 5.74) is 15.8. The lowest BCUT2D eigenvalue weighted by molar-refractivity contribution is 0.666. The molecule has 0 amide bonds. The van der Waals surface area contributed by atoms with Crippen LogP contribution in [0.2, 0.25) is 0 Å². The Morgan fingerprint density at radius 1 is 0.324 bits per heavy atom. The van der Waals surface area contributed by atoms with E-state index in [-0.39, 0.29) is 0 Å². The van der Waals surface area contributed by atoms with Gasteiger partial charge >= 0.3 is 0 Å². The highest BCUT2D eigenvalue weighted by atomic mass is 32.1. The summed E-state index contributed by atoms with van der Waals surface area (Å²) < 4.78 is 14.2. The van der Waals surface area contributed by atoms with Crippen LogP contribution in [0.5, 0.6) is 0 Å². The van der Waals surface area contributed by atoms with Gasteiger partial charge < -0.3 is 13.6 Å². The van der Waals surface area contributed by atoms with Gasteiger partial charge in [-0.25, -0.2) is 0 Å². The number of benzene rings is 11. The molecule has 68 heavy (non-hydrogen) atoms. The van der Waals surface area contributed by atoms with Crippen molar-refractivity contribution in [3.63, 3.8) is 0 Å². The van der Waals surface area contributed by atoms with Crippen LogP contribution in [0, 0.1) is 0 Å². The van der Waals surface area contributed by atoms with Crippen LogP contribution >= 0.6 is 11.3 Å². The Morgan fingerprint density at radius 2 is 0.897 bits per heavy atom. The van der Waals surface area contributed by atoms with E-state index in [1.807, 2.05) is 17.4 Å². The molecule has 0 bridgehead atoms. The molecule has 0 aliphatic heterocycles. The predicted molar refractivity (Wildman–Crippen MR) is 289 cm³/mol. The fourth-order valence-corrected chi connectivity index (χ4v) is 12.5. The summed E-state index contributed by atoms with van der Waals surface area (Å²) in [6.07, 6.45) is 0. The van der Waals surface area contributed by atoms with Crippen LogP contribution in [0.1, 0.15) is 0 Å². The lowest BCUT2D eigenvalue weighted by atomic mass is 9.98. The van der Waals surface area contributed by atoms with Gasteiger partial charge in [0.1, 0.15) is 5.58 Å². The van der Waals surface area contributed by atoms with Crippen molar-refractivity contribution in [2.75, 3.05) is 0 Å². The van der Waals surface area contributed by atoms with Crippen molar-refractivity contribution >= 4 is 108 Å². The van der Waals surface area contributed by atoms with E-state index in [0.717, 1.165) is 44.3 Å². The van der Waals surface area contributed by atoms with Gasteiger partial charge in [-0.15, -0.1) is 11.3 Å². The van der Waals surface area contributed by atoms with Gasteiger partial charge in [-0.2, -0.15) is 0 Å². The average molecular weight is 883 g/mol. The molecule has 0 N–H and O–H groups in total. The Morgan fingerprint density at radius 3 is 1.75 bits per heavy atom. The van der Waals surface area contributed by atoms with Crippen LogP contribution in [0.25, 0.3) is 141 Å². The second kappa shape index (κ2) is 14.4. The molecule has 15 aromatic rings. The Bertz CT molecular complexity index is 4560. The summed E-state index contributed by atoms with van der Waals surface area (Å²) in [7, 11) is 0. The number of aromatic nitrogens is 2. The molecule has 0 unspecified atom stereocenters. The van der Waals surface area contributed by atoms with Crippen LogP contribution in [0.4, 0.5) is 0 Å². The molecular weight excluding hydrogens is 845 g/mol. The average Bonchev–Trinajstić information content (AvgIpc) is 4.16. The first-order chi connectivity index (χ1) is 33.7. The van der Waals surface area contributed by atoms with Crippen LogP contribution in [0.3, 0.4) is 0 Å². The van der Waals surface area contributed by atoms with Crippen molar-refractivity contribution in [1.29, 1.82) is 0 Å². The number of hydrogen-bond donors (Lipinski definition) is 0. The molecule has 0 fully saturated rings. The zero-order chi connectivity index (χ0) is 44.5. The van der Waals surface area contributed by atoms with E-state index in [4.69, 9.17) is 4.42 Å². The molecule has 15 rings (SSSR count). The number of hydrogen-bond acceptors (Lipinski definition) is 2. The molecule has 0 aliphatic carbocycles. The quantitative estimate of drug-likeness (QED) is 0.169. The maximum atomic E-state index is 6.72. The third-order valence-corrected chi connectivity index (χ3v) is 15.5. The third kappa shape index (κ3) is 5.41. The lowest BCUT2D eigenvalue weighted by Gasteiger charge is -2.14. The SMILES string of the molecule is c1ccc(-c2ccccc2-n2c3ccc(-c4ccc5c(c4)c4cc(-c6cccc7c6sc6ccccc67)ccc4n5-c4cccc5c4oc4ccccc45)cc3c3c4ccccc4ccc32)cc1. The van der Waals surface area contributed by atoms with E-state index in [0.29, 0.717) is 0 Å². The molecule has 0 saturated carbocycles. The van der Waals surface area contributed by atoms with Crippen molar-refractivity contribution in [2.45, 2.75) is 0 Å². The summed E-state index contributed by atoms with van der Waals surface area (Å²) in [4.78, 5) is 0. The number of furan rings is 1. The topological polar surface area (TPSA) is 23.0 Å². The van der Waals surface area contributed by atoms with E-state index in [2.05, 4.69) is 234 Å². The third-order valence-electron chi connectivity index (χ3n) is 14.3. The Kier molecular flexibility index (Phi) is 7.94. The van der Waals surface area contributed by atoms with E-state index in [1.54, 1.807) is 0 Å². The van der Waals surface area contributed by atoms with Gasteiger partial charge in [0, 0.05) is 58.1 Å². The highest BCUT2D eigenvalue weighted by molar-refractivity contribution is 7.26. The minimum atomic E-state index is 0.888. The molecule has 3 nitrogen and oxygen atoms in total. The molecule has 316 valence electrons. The fourth-order valence-electron chi connectivity index (χ4n) is 11.3. The molecule has 4 aromatic heterocycles. The lowest BCUT2D eigenvalue weighted by Crippen LogP contribution is -1.97. The molecule has 4 heterocycles. The molecule has 4 heteroatoms. The van der Waals surface area contributed by atoms with Crippen LogP contribution < -0.4 is 0 Å². The van der Waals surface area contributed by atoms with Crippen LogP contribution in [-0.4, -0.2) is 9.13 Å². The molecule has 0 atom stereocenters. The predicted octanol–water partition coefficient (Wildman–Crippen LogP) is 18.3. The Labute approximate surface area is 394 Å². The zero-order valence-electron chi connectivity index (χ0n) is 36.7. The molecule has 0 aliphatic rings. The van der Waals surface area contributed by atoms with E-state index in [1.165, 1.54) is 96.9 Å². The monoisotopic (exact) mass is 882 g/mol. The molecule has 0 radical (unpaired) electrons. The van der Waals surface area contributed by atoms with Crippen molar-refractivity contribution < 1.29 is 4.42 Å². The number of rotatable bonds is 5. The van der Waals surface area contributed by atoms with Crippen molar-refractivity contribution in [2.24, 2.45) is 0 Å². The number of para-hydroxylation sites is 3. The van der Waals surface area contributed by atoms with Gasteiger partial charge in [0.05, 0.1) is 33.4 Å². The zero-order valence-corrected chi connectivity index (χ0v) is 37.5. The van der Waals surface area contributed by atoms with Gasteiger partial charge in [0.2, 0.25) is 0 Å². The van der Waals surface area contributed by atoms with Crippen molar-refractivity contribution in [3.8, 4) is 44.8 Å². The van der Waals surface area contributed by atoms with Crippen LogP contribution in [-0.2, 0) is 0 Å². The highest BCUT2D eigenvalue weighted by Gasteiger charge is 2.22. The minimum absolute atomic E-state index is 0.888. The molecule has 11 aromatic carbocycles. The number of fused-ring (bicyclic) bond motifs is 14. The standard InChI is InChI=1S/C64H38N2OS/c1-2-14-39(15-3-1)44-17-6-9-24-54(44)65-57-33-30-42(37-53(57)62-45-18-5-4-16-40(45)28-35-58(62)65)41-29-32-55-51(36-41)52-38-43(46-21-12-23-50-48-20-8-11-27-61(48)68-64(46)50)31-34-56(52)66(55)59-25-13-22-49-47-19-7-10-26-60(47)67-63(49)59/h1-38H. The summed E-state index contributed by atoms with van der Waals surface area (Å²) in [5.74, 6) is 0. The number of thiophene rings is 1. The van der Waals surface area contributed by atoms with Crippen LogP contribution in [0.15, 0.2) is 235 Å². The summed E-state index contributed by atoms with van der Waals surface area (Å²) in [5, 5.41) is 12.2. The largest absolute Gasteiger partial charge is 0.454 e. The maximum Gasteiger partial charge on any atom is 0.159 e. The number of nitrogens with zero attached hydrogens (tertiary/aromatic N) is 2. The van der Waals surface area contributed by atoms with Crippen molar-refractivity contribution in [3.05, 3.63) is 231 Å². The first kappa shape index (κ1) is 37.5. The summed E-state index contributed by atoms with van der Waals surface area (Å²) in [6.45, 7) is 0. The fraction of sp³-hybridized carbons (Fsp3) is 0. The normalized spacial score (nSPS) is 12.1. The molecule has 0 saturated heterocycles. The van der Waals surface area contributed by atoms with E-state index in [9.17, 15) is 0 Å². The van der Waals surface area contributed by atoms with Gasteiger partial charge in [-0.3, -0.25) is 0 Å².